The van der Waals surface area contributed by atoms with Crippen molar-refractivity contribution in [3.8, 4) is 11.5 Å². The number of carbonyl (C=O) groups is 1. The fourth-order valence-corrected chi connectivity index (χ4v) is 3.40. The fraction of sp³-hybridized carbons (Fsp3) is 0.316. The number of hydrogen-bond acceptors (Lipinski definition) is 4. The Hall–Kier alpha value is -2.69. The molecule has 0 aromatic heterocycles. The fourth-order valence-electron chi connectivity index (χ4n) is 3.40. The first kappa shape index (κ1) is 14.9. The highest BCUT2D eigenvalue weighted by molar-refractivity contribution is 5.98. The van der Waals surface area contributed by atoms with E-state index in [0.717, 1.165) is 41.2 Å². The smallest absolute Gasteiger partial charge is 0.232 e. The molecule has 0 saturated carbocycles. The van der Waals surface area contributed by atoms with E-state index in [2.05, 4.69) is 23.3 Å². The molecule has 5 heteroatoms. The highest BCUT2D eigenvalue weighted by Crippen LogP contribution is 2.38. The SMILES string of the molecule is Cc1cc2c(cc1NC(=O)C1CCN(C)c3ccccc31)OCO2. The molecule has 1 N–H and O–H groups in total. The molecule has 1 atom stereocenters. The van der Waals surface area contributed by atoms with E-state index < -0.39 is 0 Å². The molecule has 0 aliphatic carbocycles. The molecular formula is C19H20N2O3. The van der Waals surface area contributed by atoms with Crippen LogP contribution < -0.4 is 19.7 Å². The van der Waals surface area contributed by atoms with Crippen LogP contribution in [0.1, 0.15) is 23.5 Å². The topological polar surface area (TPSA) is 50.8 Å². The van der Waals surface area contributed by atoms with Crippen LogP contribution in [-0.2, 0) is 4.79 Å². The summed E-state index contributed by atoms with van der Waals surface area (Å²) in [4.78, 5) is 15.1. The lowest BCUT2D eigenvalue weighted by atomic mass is 9.89. The standard InChI is InChI=1S/C19H20N2O3/c1-12-9-17-18(24-11-23-17)10-15(12)20-19(22)14-7-8-21(2)16-6-4-3-5-13(14)16/h3-6,9-10,14H,7-8,11H2,1-2H3,(H,20,22). The number of ether oxygens (including phenoxy) is 2. The molecule has 0 spiro atoms. The van der Waals surface area contributed by atoms with Gasteiger partial charge in [-0.3, -0.25) is 4.79 Å². The number of rotatable bonds is 2. The van der Waals surface area contributed by atoms with E-state index in [4.69, 9.17) is 9.47 Å². The van der Waals surface area contributed by atoms with Crippen LogP contribution in [0.25, 0.3) is 0 Å². The summed E-state index contributed by atoms with van der Waals surface area (Å²) >= 11 is 0. The molecule has 0 fully saturated rings. The maximum absolute atomic E-state index is 12.9. The molecule has 1 unspecified atom stereocenters. The van der Waals surface area contributed by atoms with Crippen molar-refractivity contribution < 1.29 is 14.3 Å². The summed E-state index contributed by atoms with van der Waals surface area (Å²) in [7, 11) is 2.06. The minimum absolute atomic E-state index is 0.0255. The number of carbonyl (C=O) groups excluding carboxylic acids is 1. The Labute approximate surface area is 141 Å². The van der Waals surface area contributed by atoms with Crippen molar-refractivity contribution in [2.24, 2.45) is 0 Å². The lowest BCUT2D eigenvalue weighted by Crippen LogP contribution is -2.32. The Morgan fingerprint density at radius 3 is 2.79 bits per heavy atom. The molecule has 0 radical (unpaired) electrons. The van der Waals surface area contributed by atoms with E-state index in [0.29, 0.717) is 5.75 Å². The van der Waals surface area contributed by atoms with Gasteiger partial charge in [0.05, 0.1) is 5.92 Å². The third-order valence-electron chi connectivity index (χ3n) is 4.77. The molecule has 2 aromatic rings. The Balaban J connectivity index is 1.61. The normalized spacial score (nSPS) is 18.2. The zero-order valence-corrected chi connectivity index (χ0v) is 13.8. The van der Waals surface area contributed by atoms with Crippen LogP contribution in [0.4, 0.5) is 11.4 Å². The van der Waals surface area contributed by atoms with E-state index in [1.165, 1.54) is 0 Å². The van der Waals surface area contributed by atoms with Crippen LogP contribution in [0.2, 0.25) is 0 Å². The van der Waals surface area contributed by atoms with Gasteiger partial charge in [-0.1, -0.05) is 18.2 Å². The Morgan fingerprint density at radius 1 is 1.21 bits per heavy atom. The molecule has 5 nitrogen and oxygen atoms in total. The van der Waals surface area contributed by atoms with E-state index in [9.17, 15) is 4.79 Å². The highest BCUT2D eigenvalue weighted by Gasteiger charge is 2.29. The molecule has 24 heavy (non-hydrogen) atoms. The second kappa shape index (κ2) is 5.74. The third kappa shape index (κ3) is 2.46. The largest absolute Gasteiger partial charge is 0.454 e. The Morgan fingerprint density at radius 2 is 1.96 bits per heavy atom. The van der Waals surface area contributed by atoms with Crippen molar-refractivity contribution >= 4 is 17.3 Å². The van der Waals surface area contributed by atoms with Gasteiger partial charge >= 0.3 is 0 Å². The predicted molar refractivity (Wildman–Crippen MR) is 93.0 cm³/mol. The zero-order chi connectivity index (χ0) is 16.7. The van der Waals surface area contributed by atoms with Crippen LogP contribution in [0.15, 0.2) is 36.4 Å². The Kier molecular flexibility index (Phi) is 3.56. The van der Waals surface area contributed by atoms with Crippen molar-refractivity contribution in [3.05, 3.63) is 47.5 Å². The van der Waals surface area contributed by atoms with Crippen molar-refractivity contribution in [3.63, 3.8) is 0 Å². The van der Waals surface area contributed by atoms with Crippen LogP contribution in [0.5, 0.6) is 11.5 Å². The summed E-state index contributed by atoms with van der Waals surface area (Å²) in [5.41, 5.74) is 3.96. The molecule has 2 aliphatic heterocycles. The van der Waals surface area contributed by atoms with Gasteiger partial charge in [0, 0.05) is 31.0 Å². The molecule has 1 amide bonds. The van der Waals surface area contributed by atoms with E-state index in [1.54, 1.807) is 0 Å². The number of aryl methyl sites for hydroxylation is 1. The third-order valence-corrected chi connectivity index (χ3v) is 4.77. The van der Waals surface area contributed by atoms with E-state index in [-0.39, 0.29) is 18.6 Å². The van der Waals surface area contributed by atoms with Crippen molar-refractivity contribution in [2.45, 2.75) is 19.3 Å². The maximum atomic E-state index is 12.9. The zero-order valence-electron chi connectivity index (χ0n) is 13.8. The van der Waals surface area contributed by atoms with Gasteiger partial charge in [0.15, 0.2) is 11.5 Å². The van der Waals surface area contributed by atoms with Crippen LogP contribution >= 0.6 is 0 Å². The minimum atomic E-state index is -0.137. The van der Waals surface area contributed by atoms with Gasteiger partial charge in [-0.15, -0.1) is 0 Å². The van der Waals surface area contributed by atoms with Gasteiger partial charge in [0.2, 0.25) is 12.7 Å². The van der Waals surface area contributed by atoms with E-state index in [1.807, 2.05) is 37.3 Å². The second-order valence-corrected chi connectivity index (χ2v) is 6.33. The number of nitrogens with one attached hydrogen (secondary N) is 1. The number of hydrogen-bond donors (Lipinski definition) is 1. The predicted octanol–water partition coefficient (Wildman–Crippen LogP) is 3.29. The van der Waals surface area contributed by atoms with Crippen molar-refractivity contribution in [1.82, 2.24) is 0 Å². The lowest BCUT2D eigenvalue weighted by Gasteiger charge is -2.32. The first-order valence-corrected chi connectivity index (χ1v) is 8.14. The first-order chi connectivity index (χ1) is 11.6. The molecule has 2 aromatic carbocycles. The number of nitrogens with zero attached hydrogens (tertiary/aromatic N) is 1. The summed E-state index contributed by atoms with van der Waals surface area (Å²) in [6.45, 7) is 3.06. The van der Waals surface area contributed by atoms with Gasteiger partial charge in [-0.25, -0.2) is 0 Å². The molecule has 0 saturated heterocycles. The van der Waals surface area contributed by atoms with Crippen LogP contribution in [0.3, 0.4) is 0 Å². The number of benzene rings is 2. The van der Waals surface area contributed by atoms with Gasteiger partial charge in [-0.2, -0.15) is 0 Å². The van der Waals surface area contributed by atoms with Crippen molar-refractivity contribution in [2.75, 3.05) is 30.6 Å². The van der Waals surface area contributed by atoms with Crippen LogP contribution in [-0.4, -0.2) is 26.3 Å². The molecule has 4 rings (SSSR count). The van der Waals surface area contributed by atoms with Crippen LogP contribution in [0, 0.1) is 6.92 Å². The second-order valence-electron chi connectivity index (χ2n) is 6.33. The molecule has 0 bridgehead atoms. The summed E-state index contributed by atoms with van der Waals surface area (Å²) in [6, 6.07) is 11.9. The van der Waals surface area contributed by atoms with Gasteiger partial charge < -0.3 is 19.7 Å². The summed E-state index contributed by atoms with van der Waals surface area (Å²) in [6.07, 6.45) is 0.808. The Bertz CT molecular complexity index is 803. The van der Waals surface area contributed by atoms with Gasteiger partial charge in [-0.05, 0) is 36.6 Å². The average Bonchev–Trinajstić information content (AvgIpc) is 3.02. The minimum Gasteiger partial charge on any atom is -0.454 e. The molecule has 124 valence electrons. The lowest BCUT2D eigenvalue weighted by molar-refractivity contribution is -0.117. The summed E-state index contributed by atoms with van der Waals surface area (Å²) < 4.78 is 10.8. The van der Waals surface area contributed by atoms with Crippen molar-refractivity contribution in [1.29, 1.82) is 0 Å². The first-order valence-electron chi connectivity index (χ1n) is 8.14. The van der Waals surface area contributed by atoms with Gasteiger partial charge in [0.25, 0.3) is 0 Å². The molecule has 2 aliphatic rings. The number of para-hydroxylation sites is 1. The quantitative estimate of drug-likeness (QED) is 0.921. The average molecular weight is 324 g/mol. The number of amides is 1. The molecular weight excluding hydrogens is 304 g/mol. The van der Waals surface area contributed by atoms with E-state index >= 15 is 0 Å². The summed E-state index contributed by atoms with van der Waals surface area (Å²) in [5.74, 6) is 1.30. The number of fused-ring (bicyclic) bond motifs is 2. The maximum Gasteiger partial charge on any atom is 0.232 e. The summed E-state index contributed by atoms with van der Waals surface area (Å²) in [5, 5.41) is 3.07. The monoisotopic (exact) mass is 324 g/mol. The molecule has 2 heterocycles. The highest BCUT2D eigenvalue weighted by atomic mass is 16.7. The number of anilines is 2. The van der Waals surface area contributed by atoms with Gasteiger partial charge in [0.1, 0.15) is 0 Å².